The van der Waals surface area contributed by atoms with Crippen LogP contribution in [0.4, 0.5) is 0 Å². The van der Waals surface area contributed by atoms with Crippen LogP contribution in [0.1, 0.15) is 12.5 Å². The Kier molecular flexibility index (Phi) is 3.86. The number of aromatic hydroxyl groups is 1. The molecule has 0 aromatic heterocycles. The standard InChI is InChI=1S/C13H20N2O2/c1-10-8-15(6-5-14-10)9-11-3-4-13(17-2)12(16)7-11/h3-4,7,10,14,16H,5-6,8-9H2,1-2H3/t10-/m0/s1. The summed E-state index contributed by atoms with van der Waals surface area (Å²) in [5, 5.41) is 13.1. The number of phenols is 1. The van der Waals surface area contributed by atoms with Crippen LogP contribution >= 0.6 is 0 Å². The van der Waals surface area contributed by atoms with Crippen LogP contribution in [0.3, 0.4) is 0 Å². The molecule has 0 amide bonds. The third kappa shape index (κ3) is 3.11. The smallest absolute Gasteiger partial charge is 0.160 e. The van der Waals surface area contributed by atoms with Gasteiger partial charge in [0.05, 0.1) is 7.11 Å². The molecule has 1 aliphatic heterocycles. The van der Waals surface area contributed by atoms with Gasteiger partial charge in [0.25, 0.3) is 0 Å². The minimum Gasteiger partial charge on any atom is -0.504 e. The van der Waals surface area contributed by atoms with Crippen LogP contribution < -0.4 is 10.1 Å². The molecule has 4 heteroatoms. The number of phenolic OH excluding ortho intramolecular Hbond substituents is 1. The van der Waals surface area contributed by atoms with Gasteiger partial charge in [-0.2, -0.15) is 0 Å². The quantitative estimate of drug-likeness (QED) is 0.827. The van der Waals surface area contributed by atoms with Crippen molar-refractivity contribution in [2.45, 2.75) is 19.5 Å². The molecule has 1 aromatic carbocycles. The molecule has 2 N–H and O–H groups in total. The highest BCUT2D eigenvalue weighted by atomic mass is 16.5. The molecule has 0 spiro atoms. The zero-order chi connectivity index (χ0) is 12.3. The van der Waals surface area contributed by atoms with Gasteiger partial charge in [0, 0.05) is 32.2 Å². The summed E-state index contributed by atoms with van der Waals surface area (Å²) in [6, 6.07) is 6.14. The average Bonchev–Trinajstić information content (AvgIpc) is 2.29. The van der Waals surface area contributed by atoms with Crippen molar-refractivity contribution < 1.29 is 9.84 Å². The number of rotatable bonds is 3. The van der Waals surface area contributed by atoms with E-state index < -0.39 is 0 Å². The van der Waals surface area contributed by atoms with E-state index in [1.165, 1.54) is 0 Å². The third-order valence-corrected chi connectivity index (χ3v) is 3.10. The van der Waals surface area contributed by atoms with Crippen molar-refractivity contribution in [3.05, 3.63) is 23.8 Å². The van der Waals surface area contributed by atoms with Crippen LogP contribution in [-0.2, 0) is 6.54 Å². The lowest BCUT2D eigenvalue weighted by atomic mass is 10.1. The lowest BCUT2D eigenvalue weighted by Gasteiger charge is -2.31. The Hall–Kier alpha value is -1.26. The van der Waals surface area contributed by atoms with Gasteiger partial charge in [-0.05, 0) is 24.6 Å². The molecule has 1 aromatic rings. The first kappa shape index (κ1) is 12.2. The third-order valence-electron chi connectivity index (χ3n) is 3.10. The highest BCUT2D eigenvalue weighted by Gasteiger charge is 2.15. The van der Waals surface area contributed by atoms with E-state index >= 15 is 0 Å². The van der Waals surface area contributed by atoms with E-state index in [2.05, 4.69) is 17.1 Å². The Morgan fingerprint density at radius 3 is 3.00 bits per heavy atom. The zero-order valence-corrected chi connectivity index (χ0v) is 10.4. The van der Waals surface area contributed by atoms with E-state index in [0.29, 0.717) is 11.8 Å². The maximum Gasteiger partial charge on any atom is 0.160 e. The fourth-order valence-electron chi connectivity index (χ4n) is 2.25. The largest absolute Gasteiger partial charge is 0.504 e. The van der Waals surface area contributed by atoms with Crippen LogP contribution in [0.25, 0.3) is 0 Å². The molecule has 2 rings (SSSR count). The van der Waals surface area contributed by atoms with E-state index in [1.54, 1.807) is 13.2 Å². The lowest BCUT2D eigenvalue weighted by Crippen LogP contribution is -2.48. The van der Waals surface area contributed by atoms with Crippen LogP contribution in [0.15, 0.2) is 18.2 Å². The van der Waals surface area contributed by atoms with E-state index in [1.807, 2.05) is 12.1 Å². The first-order valence-corrected chi connectivity index (χ1v) is 6.00. The molecule has 4 nitrogen and oxygen atoms in total. The molecule has 1 fully saturated rings. The molecule has 1 aliphatic rings. The van der Waals surface area contributed by atoms with Gasteiger partial charge in [-0.25, -0.2) is 0 Å². The Morgan fingerprint density at radius 1 is 1.53 bits per heavy atom. The molecule has 0 unspecified atom stereocenters. The van der Waals surface area contributed by atoms with Crippen molar-refractivity contribution in [1.29, 1.82) is 0 Å². The van der Waals surface area contributed by atoms with Crippen molar-refractivity contribution in [3.63, 3.8) is 0 Å². The zero-order valence-electron chi connectivity index (χ0n) is 10.4. The topological polar surface area (TPSA) is 44.7 Å². The van der Waals surface area contributed by atoms with Crippen molar-refractivity contribution in [2.75, 3.05) is 26.7 Å². The summed E-state index contributed by atoms with van der Waals surface area (Å²) in [4.78, 5) is 2.39. The van der Waals surface area contributed by atoms with E-state index in [4.69, 9.17) is 4.74 Å². The maximum absolute atomic E-state index is 9.72. The van der Waals surface area contributed by atoms with E-state index in [9.17, 15) is 5.11 Å². The van der Waals surface area contributed by atoms with Crippen molar-refractivity contribution >= 4 is 0 Å². The van der Waals surface area contributed by atoms with Crippen LogP contribution in [0, 0.1) is 0 Å². The number of piperazine rings is 1. The summed E-state index contributed by atoms with van der Waals surface area (Å²) in [5.74, 6) is 0.746. The van der Waals surface area contributed by atoms with Crippen molar-refractivity contribution in [2.24, 2.45) is 0 Å². The van der Waals surface area contributed by atoms with Gasteiger partial charge in [-0.1, -0.05) is 6.07 Å². The van der Waals surface area contributed by atoms with E-state index in [-0.39, 0.29) is 5.75 Å². The molecule has 0 aliphatic carbocycles. The van der Waals surface area contributed by atoms with Crippen LogP contribution in [0.5, 0.6) is 11.5 Å². The van der Waals surface area contributed by atoms with Gasteiger partial charge in [0.2, 0.25) is 0 Å². The monoisotopic (exact) mass is 236 g/mol. The van der Waals surface area contributed by atoms with Crippen LogP contribution in [0.2, 0.25) is 0 Å². The van der Waals surface area contributed by atoms with Gasteiger partial charge in [0.1, 0.15) is 0 Å². The van der Waals surface area contributed by atoms with Crippen molar-refractivity contribution in [1.82, 2.24) is 10.2 Å². The predicted molar refractivity (Wildman–Crippen MR) is 67.4 cm³/mol. The minimum atomic E-state index is 0.216. The minimum absolute atomic E-state index is 0.216. The highest BCUT2D eigenvalue weighted by molar-refractivity contribution is 5.41. The SMILES string of the molecule is COc1ccc(CN2CCN[C@@H](C)C2)cc1O. The molecular formula is C13H20N2O2. The normalized spacial score (nSPS) is 21.4. The molecule has 1 atom stereocenters. The van der Waals surface area contributed by atoms with Crippen molar-refractivity contribution in [3.8, 4) is 11.5 Å². The van der Waals surface area contributed by atoms with Gasteiger partial charge < -0.3 is 15.2 Å². The molecule has 1 heterocycles. The molecule has 17 heavy (non-hydrogen) atoms. The molecular weight excluding hydrogens is 216 g/mol. The lowest BCUT2D eigenvalue weighted by molar-refractivity contribution is 0.199. The summed E-state index contributed by atoms with van der Waals surface area (Å²) in [7, 11) is 1.56. The number of nitrogens with zero attached hydrogens (tertiary/aromatic N) is 1. The summed E-state index contributed by atoms with van der Waals surface area (Å²) < 4.78 is 5.03. The number of nitrogens with one attached hydrogen (secondary N) is 1. The highest BCUT2D eigenvalue weighted by Crippen LogP contribution is 2.26. The first-order chi connectivity index (χ1) is 8.19. The van der Waals surface area contributed by atoms with Gasteiger partial charge in [-0.3, -0.25) is 4.90 Å². The first-order valence-electron chi connectivity index (χ1n) is 6.00. The molecule has 0 radical (unpaired) electrons. The summed E-state index contributed by atoms with van der Waals surface area (Å²) in [6.07, 6.45) is 0. The fraction of sp³-hybridized carbons (Fsp3) is 0.538. The Balaban J connectivity index is 2.00. The average molecular weight is 236 g/mol. The second-order valence-electron chi connectivity index (χ2n) is 4.60. The maximum atomic E-state index is 9.72. The molecule has 1 saturated heterocycles. The van der Waals surface area contributed by atoms with Gasteiger partial charge in [-0.15, -0.1) is 0 Å². The second kappa shape index (κ2) is 5.38. The Morgan fingerprint density at radius 2 is 2.35 bits per heavy atom. The molecule has 0 saturated carbocycles. The second-order valence-corrected chi connectivity index (χ2v) is 4.60. The van der Waals surface area contributed by atoms with Gasteiger partial charge >= 0.3 is 0 Å². The fourth-order valence-corrected chi connectivity index (χ4v) is 2.25. The predicted octanol–water partition coefficient (Wildman–Crippen LogP) is 1.19. The van der Waals surface area contributed by atoms with Gasteiger partial charge in [0.15, 0.2) is 11.5 Å². The Labute approximate surface area is 102 Å². The number of benzene rings is 1. The molecule has 94 valence electrons. The number of ether oxygens (including phenoxy) is 1. The summed E-state index contributed by atoms with van der Waals surface area (Å²) in [6.45, 7) is 6.20. The number of hydrogen-bond acceptors (Lipinski definition) is 4. The summed E-state index contributed by atoms with van der Waals surface area (Å²) >= 11 is 0. The van der Waals surface area contributed by atoms with Crippen LogP contribution in [-0.4, -0.2) is 42.8 Å². The molecule has 0 bridgehead atoms. The number of methoxy groups -OCH3 is 1. The number of hydrogen-bond donors (Lipinski definition) is 2. The summed E-state index contributed by atoms with van der Waals surface area (Å²) in [5.41, 5.74) is 1.12. The van der Waals surface area contributed by atoms with E-state index in [0.717, 1.165) is 31.7 Å². The Bertz CT molecular complexity index is 382.